The number of aryl methyl sites for hydroxylation is 1. The van der Waals surface area contributed by atoms with Gasteiger partial charge in [0.2, 0.25) is 5.91 Å². The van der Waals surface area contributed by atoms with Gasteiger partial charge in [-0.25, -0.2) is 0 Å². The molecule has 30 heavy (non-hydrogen) atoms. The van der Waals surface area contributed by atoms with Gasteiger partial charge in [0.1, 0.15) is 16.8 Å². The van der Waals surface area contributed by atoms with Crippen LogP contribution in [0.25, 0.3) is 0 Å². The molecule has 8 heteroatoms. The average molecular weight is 420 g/mol. The van der Waals surface area contributed by atoms with Crippen molar-refractivity contribution in [2.75, 3.05) is 17.2 Å². The van der Waals surface area contributed by atoms with E-state index in [0.717, 1.165) is 24.8 Å². The molecule has 1 aliphatic rings. The maximum atomic E-state index is 12.5. The number of thiophene rings is 1. The quantitative estimate of drug-likeness (QED) is 0.540. The molecule has 152 valence electrons. The molecule has 3 aromatic rings. The topological polar surface area (TPSA) is 107 Å². The Bertz CT molecular complexity index is 1110. The van der Waals surface area contributed by atoms with Gasteiger partial charge in [0.25, 0.3) is 5.91 Å². The lowest BCUT2D eigenvalue weighted by molar-refractivity contribution is -0.114. The fourth-order valence-electron chi connectivity index (χ4n) is 3.47. The number of nitrogens with one attached hydrogen (secondary N) is 3. The third-order valence-corrected chi connectivity index (χ3v) is 6.11. The molecule has 4 rings (SSSR count). The van der Waals surface area contributed by atoms with E-state index in [-0.39, 0.29) is 24.9 Å². The molecular formula is C22H20N4O3S. The van der Waals surface area contributed by atoms with E-state index in [4.69, 9.17) is 4.42 Å². The first-order chi connectivity index (χ1) is 14.7. The highest BCUT2D eigenvalue weighted by Crippen LogP contribution is 2.38. The van der Waals surface area contributed by atoms with Crippen molar-refractivity contribution in [3.8, 4) is 6.07 Å². The van der Waals surface area contributed by atoms with Crippen molar-refractivity contribution >= 4 is 33.8 Å². The molecule has 0 fully saturated rings. The number of hydrogen-bond donors (Lipinski definition) is 3. The van der Waals surface area contributed by atoms with Crippen LogP contribution in [0.3, 0.4) is 0 Å². The molecule has 0 saturated heterocycles. The lowest BCUT2D eigenvalue weighted by atomic mass is 10.1. The monoisotopic (exact) mass is 420 g/mol. The lowest BCUT2D eigenvalue weighted by Crippen LogP contribution is -2.26. The molecule has 0 aliphatic heterocycles. The molecule has 0 saturated carbocycles. The summed E-state index contributed by atoms with van der Waals surface area (Å²) in [6.07, 6.45) is 4.46. The second-order valence-corrected chi connectivity index (χ2v) is 7.99. The van der Waals surface area contributed by atoms with Crippen LogP contribution in [-0.2, 0) is 24.2 Å². The van der Waals surface area contributed by atoms with Gasteiger partial charge in [-0.3, -0.25) is 9.59 Å². The zero-order valence-corrected chi connectivity index (χ0v) is 17.0. The summed E-state index contributed by atoms with van der Waals surface area (Å²) in [5, 5.41) is 18.7. The van der Waals surface area contributed by atoms with E-state index in [9.17, 15) is 14.9 Å². The van der Waals surface area contributed by atoms with Gasteiger partial charge < -0.3 is 20.4 Å². The highest BCUT2D eigenvalue weighted by atomic mass is 32.1. The van der Waals surface area contributed by atoms with Gasteiger partial charge in [-0.15, -0.1) is 11.3 Å². The summed E-state index contributed by atoms with van der Waals surface area (Å²) in [6, 6.07) is 12.8. The molecule has 0 radical (unpaired) electrons. The summed E-state index contributed by atoms with van der Waals surface area (Å²) in [4.78, 5) is 26.2. The second-order valence-electron chi connectivity index (χ2n) is 6.88. The van der Waals surface area contributed by atoms with Crippen molar-refractivity contribution in [2.45, 2.75) is 25.8 Å². The van der Waals surface area contributed by atoms with Crippen molar-refractivity contribution < 1.29 is 14.0 Å². The van der Waals surface area contributed by atoms with Gasteiger partial charge in [0.15, 0.2) is 0 Å². The van der Waals surface area contributed by atoms with Crippen LogP contribution in [0.4, 0.5) is 10.7 Å². The number of anilines is 2. The summed E-state index contributed by atoms with van der Waals surface area (Å²) < 4.78 is 5.22. The average Bonchev–Trinajstić information content (AvgIpc) is 3.48. The van der Waals surface area contributed by atoms with Gasteiger partial charge in [0.05, 0.1) is 30.5 Å². The largest absolute Gasteiger partial charge is 0.467 e. The SMILES string of the molecule is N#Cc1c(NC(=O)CNc2ccccc2C(=O)NCc2ccco2)sc2c1CCC2. The molecule has 0 atom stereocenters. The Labute approximate surface area is 177 Å². The van der Waals surface area contributed by atoms with Crippen LogP contribution in [0.15, 0.2) is 47.1 Å². The van der Waals surface area contributed by atoms with Gasteiger partial charge in [-0.1, -0.05) is 12.1 Å². The van der Waals surface area contributed by atoms with E-state index < -0.39 is 0 Å². The van der Waals surface area contributed by atoms with Crippen LogP contribution >= 0.6 is 11.3 Å². The normalized spacial score (nSPS) is 12.1. The maximum absolute atomic E-state index is 12.5. The summed E-state index contributed by atoms with van der Waals surface area (Å²) in [7, 11) is 0. The smallest absolute Gasteiger partial charge is 0.253 e. The summed E-state index contributed by atoms with van der Waals surface area (Å²) in [5.41, 5.74) is 2.64. The van der Waals surface area contributed by atoms with Gasteiger partial charge in [-0.2, -0.15) is 5.26 Å². The van der Waals surface area contributed by atoms with Crippen LogP contribution in [-0.4, -0.2) is 18.4 Å². The number of carbonyl (C=O) groups excluding carboxylic acids is 2. The Hall–Kier alpha value is -3.57. The zero-order valence-electron chi connectivity index (χ0n) is 16.2. The van der Waals surface area contributed by atoms with Gasteiger partial charge in [0, 0.05) is 10.6 Å². The standard InChI is InChI=1S/C22H20N4O3S/c23-11-17-15-7-3-9-19(15)30-22(17)26-20(27)13-24-18-8-2-1-6-16(18)21(28)25-12-14-5-4-10-29-14/h1-2,4-6,8,10,24H,3,7,9,12-13H2,(H,25,28)(H,26,27). The van der Waals surface area contributed by atoms with E-state index in [1.54, 1.807) is 42.7 Å². The Morgan fingerprint density at radius 3 is 2.83 bits per heavy atom. The molecule has 2 amide bonds. The Morgan fingerprint density at radius 1 is 1.17 bits per heavy atom. The number of rotatable bonds is 7. The third-order valence-electron chi connectivity index (χ3n) is 4.90. The van der Waals surface area contributed by atoms with E-state index in [0.29, 0.717) is 27.6 Å². The molecule has 2 heterocycles. The molecular weight excluding hydrogens is 400 g/mol. The maximum Gasteiger partial charge on any atom is 0.253 e. The second kappa shape index (κ2) is 8.84. The van der Waals surface area contributed by atoms with Crippen molar-refractivity contribution in [3.05, 3.63) is 70.0 Å². The van der Waals surface area contributed by atoms with Gasteiger partial charge in [-0.05, 0) is 49.1 Å². The predicted molar refractivity (Wildman–Crippen MR) is 114 cm³/mol. The number of hydrogen-bond acceptors (Lipinski definition) is 6. The number of carbonyl (C=O) groups is 2. The third kappa shape index (κ3) is 4.21. The summed E-state index contributed by atoms with van der Waals surface area (Å²) in [5.74, 6) is 0.123. The zero-order chi connectivity index (χ0) is 20.9. The van der Waals surface area contributed by atoms with Crippen molar-refractivity contribution in [2.24, 2.45) is 0 Å². The molecule has 2 aromatic heterocycles. The Morgan fingerprint density at radius 2 is 2.03 bits per heavy atom. The first-order valence-corrected chi connectivity index (χ1v) is 10.5. The molecule has 1 aromatic carbocycles. The van der Waals surface area contributed by atoms with Crippen LogP contribution < -0.4 is 16.0 Å². The first kappa shape index (κ1) is 19.7. The number of fused-ring (bicyclic) bond motifs is 1. The number of nitriles is 1. The molecule has 3 N–H and O–H groups in total. The van der Waals surface area contributed by atoms with E-state index in [1.807, 2.05) is 0 Å². The van der Waals surface area contributed by atoms with E-state index >= 15 is 0 Å². The fraction of sp³-hybridized carbons (Fsp3) is 0.227. The predicted octanol–water partition coefficient (Wildman–Crippen LogP) is 3.68. The molecule has 0 unspecified atom stereocenters. The molecule has 1 aliphatic carbocycles. The van der Waals surface area contributed by atoms with Gasteiger partial charge >= 0.3 is 0 Å². The lowest BCUT2D eigenvalue weighted by Gasteiger charge is -2.12. The van der Waals surface area contributed by atoms with Crippen LogP contribution in [0.5, 0.6) is 0 Å². The molecule has 7 nitrogen and oxygen atoms in total. The number of furan rings is 1. The van der Waals surface area contributed by atoms with Crippen molar-refractivity contribution in [1.82, 2.24) is 5.32 Å². The summed E-state index contributed by atoms with van der Waals surface area (Å²) >= 11 is 1.48. The van der Waals surface area contributed by atoms with Crippen molar-refractivity contribution in [1.29, 1.82) is 5.26 Å². The number of para-hydroxylation sites is 1. The number of amides is 2. The minimum Gasteiger partial charge on any atom is -0.467 e. The minimum atomic E-state index is -0.267. The molecule has 0 bridgehead atoms. The highest BCUT2D eigenvalue weighted by molar-refractivity contribution is 7.16. The van der Waals surface area contributed by atoms with E-state index in [2.05, 4.69) is 22.0 Å². The fourth-order valence-corrected chi connectivity index (χ4v) is 4.72. The number of nitrogens with zero attached hydrogens (tertiary/aromatic N) is 1. The summed E-state index contributed by atoms with van der Waals surface area (Å²) in [6.45, 7) is 0.260. The Balaban J connectivity index is 1.38. The van der Waals surface area contributed by atoms with Crippen molar-refractivity contribution in [3.63, 3.8) is 0 Å². The Kier molecular flexibility index (Phi) is 5.82. The number of benzene rings is 1. The minimum absolute atomic E-state index is 0.0179. The van der Waals surface area contributed by atoms with Crippen LogP contribution in [0.1, 0.15) is 38.5 Å². The van der Waals surface area contributed by atoms with E-state index in [1.165, 1.54) is 16.2 Å². The first-order valence-electron chi connectivity index (χ1n) is 9.63. The van der Waals surface area contributed by atoms with Crippen LogP contribution in [0, 0.1) is 11.3 Å². The molecule has 0 spiro atoms. The van der Waals surface area contributed by atoms with Crippen LogP contribution in [0.2, 0.25) is 0 Å². The highest BCUT2D eigenvalue weighted by Gasteiger charge is 2.23.